The highest BCUT2D eigenvalue weighted by atomic mass is 32.1. The molecule has 11 heteroatoms. The molecule has 0 fully saturated rings. The quantitative estimate of drug-likeness (QED) is 0.327. The number of thiazole rings is 1. The lowest BCUT2D eigenvalue weighted by molar-refractivity contribution is -0.385. The number of nitro groups is 1. The molecule has 0 spiro atoms. The number of nitrogen functional groups attached to an aromatic ring is 1. The van der Waals surface area contributed by atoms with E-state index in [1.807, 2.05) is 5.43 Å². The fraction of sp³-hybridized carbons (Fsp3) is 0.111. The Labute approximate surface area is 115 Å². The number of nitrogens with one attached hydrogen (secondary N) is 1. The van der Waals surface area contributed by atoms with Crippen LogP contribution in [0.2, 0.25) is 0 Å². The van der Waals surface area contributed by atoms with Gasteiger partial charge < -0.3 is 0 Å². The van der Waals surface area contributed by atoms with Crippen molar-refractivity contribution < 1.29 is 9.72 Å². The first-order chi connectivity index (χ1) is 9.51. The van der Waals surface area contributed by atoms with Crippen LogP contribution in [0.25, 0.3) is 0 Å². The fourth-order valence-electron chi connectivity index (χ4n) is 1.37. The van der Waals surface area contributed by atoms with Crippen molar-refractivity contribution in [2.45, 2.75) is 6.54 Å². The highest BCUT2D eigenvalue weighted by Gasteiger charge is 2.13. The third kappa shape index (κ3) is 2.84. The molecule has 3 N–H and O–H groups in total. The number of nitrogens with two attached hydrogens (primary N) is 1. The molecule has 20 heavy (non-hydrogen) atoms. The highest BCUT2D eigenvalue weighted by molar-refractivity contribution is 7.11. The predicted octanol–water partition coefficient (Wildman–Crippen LogP) is -0.740. The molecule has 2 aromatic heterocycles. The molecule has 10 nitrogen and oxygen atoms in total. The van der Waals surface area contributed by atoms with Crippen molar-refractivity contribution in [3.63, 3.8) is 0 Å². The summed E-state index contributed by atoms with van der Waals surface area (Å²) in [4.78, 5) is 40.1. The Morgan fingerprint density at radius 3 is 3.00 bits per heavy atom. The van der Waals surface area contributed by atoms with Crippen molar-refractivity contribution in [2.24, 2.45) is 5.84 Å². The van der Waals surface area contributed by atoms with E-state index in [4.69, 9.17) is 5.84 Å². The summed E-state index contributed by atoms with van der Waals surface area (Å²) < 4.78 is 1.04. The largest absolute Gasteiger partial charge is 0.348 e. The molecule has 0 radical (unpaired) electrons. The summed E-state index contributed by atoms with van der Waals surface area (Å²) in [5.74, 6) is 4.42. The maximum atomic E-state index is 11.5. The summed E-state index contributed by atoms with van der Waals surface area (Å²) in [6.45, 7) is -0.0259. The van der Waals surface area contributed by atoms with Gasteiger partial charge in [-0.2, -0.15) is 4.98 Å². The third-order valence-electron chi connectivity index (χ3n) is 2.26. The van der Waals surface area contributed by atoms with Crippen LogP contribution < -0.4 is 17.0 Å². The molecule has 0 aliphatic carbocycles. The Bertz CT molecular complexity index is 723. The molecule has 0 aliphatic heterocycles. The van der Waals surface area contributed by atoms with Crippen LogP contribution in [-0.2, 0) is 6.54 Å². The van der Waals surface area contributed by atoms with Crippen molar-refractivity contribution >= 4 is 22.9 Å². The standard InChI is InChI=1S/C9H8N6O4S/c10-13-7(16)8-12-5(4-20-8)2-14-3-6(15(18)19)1-11-9(14)17/h1,3-4H,2,10H2,(H,13,16). The summed E-state index contributed by atoms with van der Waals surface area (Å²) in [7, 11) is 0. The molecule has 0 atom stereocenters. The van der Waals surface area contributed by atoms with Crippen LogP contribution in [0.15, 0.2) is 22.6 Å². The average Bonchev–Trinajstić information content (AvgIpc) is 2.88. The van der Waals surface area contributed by atoms with E-state index in [1.54, 1.807) is 5.38 Å². The molecule has 2 heterocycles. The van der Waals surface area contributed by atoms with Crippen LogP contribution in [0, 0.1) is 10.1 Å². The maximum Gasteiger partial charge on any atom is 0.348 e. The molecule has 104 valence electrons. The minimum atomic E-state index is -0.655. The number of carbonyl (C=O) groups excluding carboxylic acids is 1. The molecule has 0 saturated carbocycles. The summed E-state index contributed by atoms with van der Waals surface area (Å²) in [5, 5.41) is 12.3. The number of carbonyl (C=O) groups is 1. The zero-order chi connectivity index (χ0) is 14.7. The van der Waals surface area contributed by atoms with Crippen molar-refractivity contribution in [2.75, 3.05) is 0 Å². The monoisotopic (exact) mass is 296 g/mol. The zero-order valence-corrected chi connectivity index (χ0v) is 10.7. The fourth-order valence-corrected chi connectivity index (χ4v) is 2.08. The summed E-state index contributed by atoms with van der Waals surface area (Å²) in [5.41, 5.74) is 1.38. The first kappa shape index (κ1) is 13.8. The number of rotatable bonds is 4. The molecular formula is C9H8N6O4S. The highest BCUT2D eigenvalue weighted by Crippen LogP contribution is 2.11. The van der Waals surface area contributed by atoms with E-state index in [0.29, 0.717) is 5.69 Å². The van der Waals surface area contributed by atoms with Gasteiger partial charge in [-0.25, -0.2) is 15.6 Å². The maximum absolute atomic E-state index is 11.5. The second-order valence-corrected chi connectivity index (χ2v) is 4.46. The van der Waals surface area contributed by atoms with Crippen LogP contribution in [0.5, 0.6) is 0 Å². The second kappa shape index (κ2) is 5.54. The van der Waals surface area contributed by atoms with Gasteiger partial charge in [0.05, 0.1) is 23.4 Å². The lowest BCUT2D eigenvalue weighted by Gasteiger charge is -2.01. The Kier molecular flexibility index (Phi) is 3.81. The second-order valence-electron chi connectivity index (χ2n) is 3.60. The van der Waals surface area contributed by atoms with Crippen molar-refractivity contribution in [1.29, 1.82) is 0 Å². The summed E-state index contributed by atoms with van der Waals surface area (Å²) in [6.07, 6.45) is 1.95. The minimum absolute atomic E-state index is 0.0259. The summed E-state index contributed by atoms with van der Waals surface area (Å²) >= 11 is 1.05. The number of hydrogen-bond donors (Lipinski definition) is 2. The van der Waals surface area contributed by atoms with E-state index < -0.39 is 16.5 Å². The lowest BCUT2D eigenvalue weighted by Crippen LogP contribution is -2.30. The number of nitrogens with zero attached hydrogens (tertiary/aromatic N) is 4. The first-order valence-electron chi connectivity index (χ1n) is 5.17. The smallest absolute Gasteiger partial charge is 0.288 e. The Hall–Kier alpha value is -2.66. The van der Waals surface area contributed by atoms with Gasteiger partial charge in [-0.15, -0.1) is 11.3 Å². The van der Waals surface area contributed by atoms with Crippen LogP contribution in [-0.4, -0.2) is 25.4 Å². The molecule has 1 amide bonds. The van der Waals surface area contributed by atoms with E-state index in [-0.39, 0.29) is 17.2 Å². The number of hydrazine groups is 1. The number of hydrogen-bond acceptors (Lipinski definition) is 8. The normalized spacial score (nSPS) is 10.2. The van der Waals surface area contributed by atoms with Gasteiger partial charge in [0.1, 0.15) is 6.20 Å². The molecule has 0 aromatic carbocycles. The number of aromatic nitrogens is 3. The lowest BCUT2D eigenvalue weighted by atomic mass is 10.4. The van der Waals surface area contributed by atoms with Gasteiger partial charge in [0.25, 0.3) is 5.91 Å². The molecule has 0 saturated heterocycles. The predicted molar refractivity (Wildman–Crippen MR) is 68.0 cm³/mol. The van der Waals surface area contributed by atoms with E-state index in [1.165, 1.54) is 0 Å². The van der Waals surface area contributed by atoms with Gasteiger partial charge in [0.2, 0.25) is 0 Å². The van der Waals surface area contributed by atoms with E-state index >= 15 is 0 Å². The van der Waals surface area contributed by atoms with Gasteiger partial charge in [0.15, 0.2) is 5.01 Å². The SMILES string of the molecule is NNC(=O)c1nc(Cn2cc([N+](=O)[O-])cnc2=O)cs1. The third-order valence-corrected chi connectivity index (χ3v) is 3.15. The van der Waals surface area contributed by atoms with Crippen molar-refractivity contribution in [3.8, 4) is 0 Å². The van der Waals surface area contributed by atoms with E-state index in [0.717, 1.165) is 28.3 Å². The topological polar surface area (TPSA) is 146 Å². The Balaban J connectivity index is 2.28. The molecule has 2 aromatic rings. The molecule has 2 rings (SSSR count). The van der Waals surface area contributed by atoms with Gasteiger partial charge in [-0.1, -0.05) is 0 Å². The molecule has 0 unspecified atom stereocenters. The minimum Gasteiger partial charge on any atom is -0.288 e. The van der Waals surface area contributed by atoms with Gasteiger partial charge in [0, 0.05) is 5.38 Å². The van der Waals surface area contributed by atoms with Crippen LogP contribution in [0.1, 0.15) is 15.5 Å². The Morgan fingerprint density at radius 2 is 2.35 bits per heavy atom. The molecule has 0 aliphatic rings. The van der Waals surface area contributed by atoms with E-state index in [2.05, 4.69) is 9.97 Å². The van der Waals surface area contributed by atoms with Gasteiger partial charge in [-0.3, -0.25) is 24.9 Å². The van der Waals surface area contributed by atoms with Crippen LogP contribution in [0.4, 0.5) is 5.69 Å². The van der Waals surface area contributed by atoms with Crippen LogP contribution in [0.3, 0.4) is 0 Å². The van der Waals surface area contributed by atoms with E-state index in [9.17, 15) is 19.7 Å². The van der Waals surface area contributed by atoms with Gasteiger partial charge in [-0.05, 0) is 0 Å². The van der Waals surface area contributed by atoms with Gasteiger partial charge >= 0.3 is 11.4 Å². The zero-order valence-electron chi connectivity index (χ0n) is 9.85. The first-order valence-corrected chi connectivity index (χ1v) is 6.05. The molecular weight excluding hydrogens is 288 g/mol. The number of amides is 1. The molecule has 0 bridgehead atoms. The average molecular weight is 296 g/mol. The Morgan fingerprint density at radius 1 is 1.60 bits per heavy atom. The van der Waals surface area contributed by atoms with Crippen molar-refractivity contribution in [1.82, 2.24) is 20.0 Å². The van der Waals surface area contributed by atoms with Crippen molar-refractivity contribution in [3.05, 3.63) is 49.1 Å². The summed E-state index contributed by atoms with van der Waals surface area (Å²) in [6, 6.07) is 0. The van der Waals surface area contributed by atoms with Crippen LogP contribution >= 0.6 is 11.3 Å².